The van der Waals surface area contributed by atoms with Crippen molar-refractivity contribution in [1.29, 1.82) is 0 Å². The highest BCUT2D eigenvalue weighted by Gasteiger charge is 2.21. The summed E-state index contributed by atoms with van der Waals surface area (Å²) in [7, 11) is -3.44. The van der Waals surface area contributed by atoms with Gasteiger partial charge in [-0.05, 0) is 31.2 Å². The molecule has 23 heavy (non-hydrogen) atoms. The van der Waals surface area contributed by atoms with Crippen LogP contribution in [0.15, 0.2) is 48.7 Å². The highest BCUT2D eigenvalue weighted by atomic mass is 32.2. The second kappa shape index (κ2) is 7.34. The van der Waals surface area contributed by atoms with Gasteiger partial charge in [0.1, 0.15) is 0 Å². The predicted molar refractivity (Wildman–Crippen MR) is 89.7 cm³/mol. The number of sulfonamides is 1. The number of anilines is 1. The molecular weight excluding hydrogens is 314 g/mol. The molecule has 1 heterocycles. The summed E-state index contributed by atoms with van der Waals surface area (Å²) in [4.78, 5) is 15.7. The number of Topliss-reactive ketones (excluding diaryl/α,β-unsaturated/α-hetero) is 1. The first-order valence-corrected chi connectivity index (χ1v) is 8.82. The molecule has 0 atom stereocenters. The SMILES string of the molecule is CCS(=O)(=O)N(Cc1ccc(C(=O)CN)cn1)c1ccccc1. The summed E-state index contributed by atoms with van der Waals surface area (Å²) in [6.07, 6.45) is 1.42. The molecule has 0 aliphatic rings. The van der Waals surface area contributed by atoms with Gasteiger partial charge in [-0.2, -0.15) is 0 Å². The molecule has 0 aliphatic heterocycles. The molecule has 6 nitrogen and oxygen atoms in total. The van der Waals surface area contributed by atoms with Crippen LogP contribution < -0.4 is 10.0 Å². The van der Waals surface area contributed by atoms with Gasteiger partial charge in [-0.1, -0.05) is 18.2 Å². The van der Waals surface area contributed by atoms with Gasteiger partial charge < -0.3 is 5.73 Å². The molecule has 1 aromatic carbocycles. The molecule has 0 fully saturated rings. The van der Waals surface area contributed by atoms with Crippen LogP contribution in [0.4, 0.5) is 5.69 Å². The summed E-state index contributed by atoms with van der Waals surface area (Å²) in [5.74, 6) is -0.212. The minimum absolute atomic E-state index is 0.00830. The smallest absolute Gasteiger partial charge is 0.235 e. The fourth-order valence-electron chi connectivity index (χ4n) is 2.05. The Kier molecular flexibility index (Phi) is 5.46. The van der Waals surface area contributed by atoms with Crippen molar-refractivity contribution >= 4 is 21.5 Å². The number of hydrogen-bond donors (Lipinski definition) is 1. The third kappa shape index (κ3) is 4.14. The van der Waals surface area contributed by atoms with Gasteiger partial charge in [-0.15, -0.1) is 0 Å². The van der Waals surface area contributed by atoms with E-state index in [9.17, 15) is 13.2 Å². The lowest BCUT2D eigenvalue weighted by molar-refractivity contribution is 0.100. The summed E-state index contributed by atoms with van der Waals surface area (Å²) in [5.41, 5.74) is 6.86. The summed E-state index contributed by atoms with van der Waals surface area (Å²) in [6.45, 7) is 1.63. The van der Waals surface area contributed by atoms with E-state index in [2.05, 4.69) is 4.98 Å². The molecule has 1 aromatic heterocycles. The molecule has 0 aliphatic carbocycles. The Bertz CT molecular complexity index is 759. The zero-order valence-electron chi connectivity index (χ0n) is 12.8. The number of nitrogens with two attached hydrogens (primary N) is 1. The van der Waals surface area contributed by atoms with E-state index in [-0.39, 0.29) is 24.6 Å². The number of ketones is 1. The number of nitrogens with zero attached hydrogens (tertiary/aromatic N) is 2. The Morgan fingerprint density at radius 3 is 2.39 bits per heavy atom. The zero-order chi connectivity index (χ0) is 16.9. The maximum Gasteiger partial charge on any atom is 0.235 e. The molecule has 2 rings (SSSR count). The van der Waals surface area contributed by atoms with Crippen LogP contribution >= 0.6 is 0 Å². The van der Waals surface area contributed by atoms with E-state index >= 15 is 0 Å². The molecule has 7 heteroatoms. The second-order valence-electron chi connectivity index (χ2n) is 4.91. The zero-order valence-corrected chi connectivity index (χ0v) is 13.7. The molecule has 122 valence electrons. The van der Waals surface area contributed by atoms with E-state index in [1.165, 1.54) is 10.5 Å². The first-order chi connectivity index (χ1) is 11.0. The minimum atomic E-state index is -3.44. The van der Waals surface area contributed by atoms with Crippen molar-refractivity contribution in [3.63, 3.8) is 0 Å². The number of pyridine rings is 1. The normalized spacial score (nSPS) is 11.2. The Hall–Kier alpha value is -2.25. The van der Waals surface area contributed by atoms with Crippen LogP contribution in [0.1, 0.15) is 23.0 Å². The standard InChI is InChI=1S/C16H19N3O3S/c1-2-23(21,22)19(15-6-4-3-5-7-15)12-14-9-8-13(11-18-14)16(20)10-17/h3-9,11H,2,10,12,17H2,1H3. The fraction of sp³-hybridized carbons (Fsp3) is 0.250. The van der Waals surface area contributed by atoms with Crippen LogP contribution in [-0.2, 0) is 16.6 Å². The topological polar surface area (TPSA) is 93.4 Å². The third-order valence-electron chi connectivity index (χ3n) is 3.38. The van der Waals surface area contributed by atoms with Gasteiger partial charge in [0.05, 0.1) is 30.2 Å². The number of aromatic nitrogens is 1. The number of carbonyl (C=O) groups excluding carboxylic acids is 1. The average Bonchev–Trinajstić information content (AvgIpc) is 2.60. The first kappa shape index (κ1) is 17.1. The Morgan fingerprint density at radius 2 is 1.87 bits per heavy atom. The molecule has 0 saturated heterocycles. The van der Waals surface area contributed by atoms with E-state index < -0.39 is 10.0 Å². The van der Waals surface area contributed by atoms with Crippen LogP contribution in [0.2, 0.25) is 0 Å². The molecule has 0 amide bonds. The molecular formula is C16H19N3O3S. The van der Waals surface area contributed by atoms with Crippen molar-refractivity contribution in [3.05, 3.63) is 59.9 Å². The van der Waals surface area contributed by atoms with E-state index in [4.69, 9.17) is 5.73 Å². The van der Waals surface area contributed by atoms with Crippen LogP contribution in [0, 0.1) is 0 Å². The fourth-order valence-corrected chi connectivity index (χ4v) is 3.13. The van der Waals surface area contributed by atoms with Gasteiger partial charge in [-0.3, -0.25) is 14.1 Å². The summed E-state index contributed by atoms with van der Waals surface area (Å²) in [6, 6.07) is 12.1. The largest absolute Gasteiger partial charge is 0.324 e. The average molecular weight is 333 g/mol. The number of benzene rings is 1. The van der Waals surface area contributed by atoms with Gasteiger partial charge in [0.15, 0.2) is 5.78 Å². The monoisotopic (exact) mass is 333 g/mol. The maximum absolute atomic E-state index is 12.4. The molecule has 0 saturated carbocycles. The predicted octanol–water partition coefficient (Wildman–Crippen LogP) is 1.58. The van der Waals surface area contributed by atoms with E-state index in [0.717, 1.165) is 0 Å². The van der Waals surface area contributed by atoms with Crippen molar-refractivity contribution in [2.24, 2.45) is 5.73 Å². The lowest BCUT2D eigenvalue weighted by atomic mass is 10.2. The molecule has 0 bridgehead atoms. The lowest BCUT2D eigenvalue weighted by Crippen LogP contribution is -2.32. The van der Waals surface area contributed by atoms with Crippen LogP contribution in [-0.4, -0.2) is 31.5 Å². The Morgan fingerprint density at radius 1 is 1.17 bits per heavy atom. The van der Waals surface area contributed by atoms with Gasteiger partial charge in [0.25, 0.3) is 0 Å². The summed E-state index contributed by atoms with van der Waals surface area (Å²) in [5, 5.41) is 0. The van der Waals surface area contributed by atoms with Crippen LogP contribution in [0.5, 0.6) is 0 Å². The Balaban J connectivity index is 2.30. The van der Waals surface area contributed by atoms with Gasteiger partial charge >= 0.3 is 0 Å². The molecule has 0 unspecified atom stereocenters. The highest BCUT2D eigenvalue weighted by Crippen LogP contribution is 2.20. The number of hydrogen-bond acceptors (Lipinski definition) is 5. The Labute approximate surface area is 136 Å². The van der Waals surface area contributed by atoms with Crippen molar-refractivity contribution in [2.75, 3.05) is 16.6 Å². The number of para-hydroxylation sites is 1. The number of rotatable bonds is 7. The molecule has 0 spiro atoms. The van der Waals surface area contributed by atoms with Gasteiger partial charge in [0.2, 0.25) is 10.0 Å². The van der Waals surface area contributed by atoms with E-state index in [0.29, 0.717) is 16.9 Å². The lowest BCUT2D eigenvalue weighted by Gasteiger charge is -2.23. The third-order valence-corrected chi connectivity index (χ3v) is 5.12. The van der Waals surface area contributed by atoms with Gasteiger partial charge in [0, 0.05) is 11.8 Å². The highest BCUT2D eigenvalue weighted by molar-refractivity contribution is 7.92. The van der Waals surface area contributed by atoms with Crippen molar-refractivity contribution < 1.29 is 13.2 Å². The van der Waals surface area contributed by atoms with Crippen molar-refractivity contribution in [2.45, 2.75) is 13.5 Å². The van der Waals surface area contributed by atoms with Crippen molar-refractivity contribution in [3.8, 4) is 0 Å². The van der Waals surface area contributed by atoms with Crippen LogP contribution in [0.25, 0.3) is 0 Å². The van der Waals surface area contributed by atoms with Crippen molar-refractivity contribution in [1.82, 2.24) is 4.98 Å². The van der Waals surface area contributed by atoms with Gasteiger partial charge in [-0.25, -0.2) is 8.42 Å². The molecule has 2 N–H and O–H groups in total. The molecule has 0 radical (unpaired) electrons. The summed E-state index contributed by atoms with van der Waals surface area (Å²) < 4.78 is 26.0. The quantitative estimate of drug-likeness (QED) is 0.777. The number of carbonyl (C=O) groups is 1. The van der Waals surface area contributed by atoms with Crippen LogP contribution in [0.3, 0.4) is 0 Å². The summed E-state index contributed by atoms with van der Waals surface area (Å²) >= 11 is 0. The minimum Gasteiger partial charge on any atom is -0.324 e. The van der Waals surface area contributed by atoms with E-state index in [1.807, 2.05) is 6.07 Å². The van der Waals surface area contributed by atoms with E-state index in [1.54, 1.807) is 43.3 Å². The maximum atomic E-state index is 12.4. The first-order valence-electron chi connectivity index (χ1n) is 7.21. The second-order valence-corrected chi connectivity index (χ2v) is 7.09. The molecule has 2 aromatic rings.